The zero-order chi connectivity index (χ0) is 23.5. The number of benzene rings is 2. The standard InChI is InChI=1S/C24H27N3O6/c1-30-11-7-10-27-22(14-12-17(31-2)23(33-4)18(13-14)32-3)19-20(25-26-21(19)24(27)29)15-8-5-6-9-16(15)28/h5-6,8-9,12-13,22,28H,7,10-11H2,1-4H3,(H,25,26)/t22-/m0/s1. The number of hydrogen-bond donors (Lipinski definition) is 2. The van der Waals surface area contributed by atoms with E-state index in [-0.39, 0.29) is 11.7 Å². The highest BCUT2D eigenvalue weighted by Gasteiger charge is 2.42. The summed E-state index contributed by atoms with van der Waals surface area (Å²) in [5.41, 5.74) is 2.91. The van der Waals surface area contributed by atoms with Crippen molar-refractivity contribution in [3.63, 3.8) is 0 Å². The quantitative estimate of drug-likeness (QED) is 0.478. The number of carbonyl (C=O) groups is 1. The number of hydrogen-bond acceptors (Lipinski definition) is 7. The number of ether oxygens (including phenoxy) is 4. The molecule has 1 aliphatic heterocycles. The van der Waals surface area contributed by atoms with Gasteiger partial charge < -0.3 is 29.0 Å². The molecule has 1 aromatic heterocycles. The SMILES string of the molecule is COCCCN1C(=O)c2[nH]nc(-c3ccccc3O)c2[C@@H]1c1cc(OC)c(OC)c(OC)c1. The number of phenols is 1. The molecule has 0 saturated heterocycles. The Bertz CT molecular complexity index is 1130. The Kier molecular flexibility index (Phi) is 6.41. The lowest BCUT2D eigenvalue weighted by Crippen LogP contribution is -2.31. The van der Waals surface area contributed by atoms with Crippen LogP contribution >= 0.6 is 0 Å². The van der Waals surface area contributed by atoms with E-state index in [9.17, 15) is 9.90 Å². The molecule has 1 atom stereocenters. The average molecular weight is 453 g/mol. The van der Waals surface area contributed by atoms with Gasteiger partial charge in [-0.15, -0.1) is 0 Å². The average Bonchev–Trinajstić information content (AvgIpc) is 3.37. The van der Waals surface area contributed by atoms with Crippen LogP contribution in [-0.4, -0.2) is 67.7 Å². The van der Waals surface area contributed by atoms with Gasteiger partial charge in [-0.2, -0.15) is 5.10 Å². The molecule has 0 aliphatic carbocycles. The molecule has 0 radical (unpaired) electrons. The molecule has 3 aromatic rings. The van der Waals surface area contributed by atoms with Crippen LogP contribution in [0.3, 0.4) is 0 Å². The molecule has 1 aliphatic rings. The zero-order valence-electron chi connectivity index (χ0n) is 19.0. The van der Waals surface area contributed by atoms with Crippen LogP contribution < -0.4 is 14.2 Å². The smallest absolute Gasteiger partial charge is 0.273 e. The van der Waals surface area contributed by atoms with E-state index in [4.69, 9.17) is 18.9 Å². The van der Waals surface area contributed by atoms with E-state index in [0.29, 0.717) is 59.3 Å². The van der Waals surface area contributed by atoms with Crippen LogP contribution in [0.25, 0.3) is 11.3 Å². The van der Waals surface area contributed by atoms with Crippen LogP contribution in [0.4, 0.5) is 0 Å². The Balaban J connectivity index is 1.91. The topological polar surface area (TPSA) is 106 Å². The monoisotopic (exact) mass is 453 g/mol. The molecule has 0 bridgehead atoms. The highest BCUT2D eigenvalue weighted by Crippen LogP contribution is 2.48. The van der Waals surface area contributed by atoms with Crippen LogP contribution in [0.1, 0.15) is 34.1 Å². The van der Waals surface area contributed by atoms with E-state index in [1.807, 2.05) is 18.2 Å². The second-order valence-corrected chi connectivity index (χ2v) is 7.58. The zero-order valence-corrected chi connectivity index (χ0v) is 19.0. The predicted molar refractivity (Wildman–Crippen MR) is 121 cm³/mol. The van der Waals surface area contributed by atoms with E-state index in [1.165, 1.54) is 0 Å². The van der Waals surface area contributed by atoms with Crippen molar-refractivity contribution in [1.29, 1.82) is 0 Å². The van der Waals surface area contributed by atoms with E-state index < -0.39 is 6.04 Å². The summed E-state index contributed by atoms with van der Waals surface area (Å²) >= 11 is 0. The first kappa shape index (κ1) is 22.5. The Labute approximate surface area is 191 Å². The summed E-state index contributed by atoms with van der Waals surface area (Å²) < 4.78 is 21.8. The van der Waals surface area contributed by atoms with Crippen molar-refractivity contribution < 1.29 is 28.8 Å². The number of para-hydroxylation sites is 1. The molecule has 2 aromatic carbocycles. The third kappa shape index (κ3) is 3.84. The van der Waals surface area contributed by atoms with E-state index in [0.717, 1.165) is 5.56 Å². The molecule has 9 heteroatoms. The number of aromatic amines is 1. The number of nitrogens with zero attached hydrogens (tertiary/aromatic N) is 2. The van der Waals surface area contributed by atoms with Gasteiger partial charge in [0.2, 0.25) is 5.75 Å². The first-order chi connectivity index (χ1) is 16.0. The van der Waals surface area contributed by atoms with Crippen molar-refractivity contribution >= 4 is 5.91 Å². The third-order valence-corrected chi connectivity index (χ3v) is 5.77. The molecule has 4 rings (SSSR count). The number of rotatable bonds is 9. The number of aromatic hydroxyl groups is 1. The van der Waals surface area contributed by atoms with E-state index in [2.05, 4.69) is 10.2 Å². The number of nitrogens with one attached hydrogen (secondary N) is 1. The highest BCUT2D eigenvalue weighted by atomic mass is 16.5. The van der Waals surface area contributed by atoms with Gasteiger partial charge in [-0.25, -0.2) is 0 Å². The summed E-state index contributed by atoms with van der Waals surface area (Å²) in [6.07, 6.45) is 0.660. The summed E-state index contributed by atoms with van der Waals surface area (Å²) in [5.74, 6) is 1.34. The van der Waals surface area contributed by atoms with Crippen molar-refractivity contribution in [2.75, 3.05) is 41.6 Å². The van der Waals surface area contributed by atoms with Crippen molar-refractivity contribution in [3.8, 4) is 34.3 Å². The Morgan fingerprint density at radius 1 is 1.06 bits per heavy atom. The van der Waals surface area contributed by atoms with Gasteiger partial charge in [-0.3, -0.25) is 9.89 Å². The fourth-order valence-electron chi connectivity index (χ4n) is 4.29. The number of carbonyl (C=O) groups excluding carboxylic acids is 1. The van der Waals surface area contributed by atoms with Gasteiger partial charge in [0.1, 0.15) is 17.1 Å². The lowest BCUT2D eigenvalue weighted by molar-refractivity contribution is 0.0723. The Hall–Kier alpha value is -3.72. The van der Waals surface area contributed by atoms with Crippen LogP contribution in [0, 0.1) is 0 Å². The van der Waals surface area contributed by atoms with Gasteiger partial charge in [-0.05, 0) is 36.2 Å². The van der Waals surface area contributed by atoms with Crippen molar-refractivity contribution in [3.05, 3.63) is 53.2 Å². The second kappa shape index (κ2) is 9.41. The number of aromatic nitrogens is 2. The summed E-state index contributed by atoms with van der Waals surface area (Å²) in [6.45, 7) is 0.987. The molecule has 0 fully saturated rings. The molecule has 9 nitrogen and oxygen atoms in total. The first-order valence-electron chi connectivity index (χ1n) is 10.5. The number of fused-ring (bicyclic) bond motifs is 1. The number of methoxy groups -OCH3 is 4. The lowest BCUT2D eigenvalue weighted by atomic mass is 9.95. The summed E-state index contributed by atoms with van der Waals surface area (Å²) in [7, 11) is 6.27. The van der Waals surface area contributed by atoms with Crippen LogP contribution in [-0.2, 0) is 4.74 Å². The summed E-state index contributed by atoms with van der Waals surface area (Å²) in [6, 6.07) is 10.1. The molecule has 2 heterocycles. The lowest BCUT2D eigenvalue weighted by Gasteiger charge is -2.27. The van der Waals surface area contributed by atoms with E-state index >= 15 is 0 Å². The Morgan fingerprint density at radius 3 is 2.36 bits per heavy atom. The van der Waals surface area contributed by atoms with Gasteiger partial charge in [0.15, 0.2) is 11.5 Å². The predicted octanol–water partition coefficient (Wildman–Crippen LogP) is 3.39. The molecule has 0 spiro atoms. The van der Waals surface area contributed by atoms with Gasteiger partial charge in [0.05, 0.1) is 27.4 Å². The van der Waals surface area contributed by atoms with Gasteiger partial charge >= 0.3 is 0 Å². The minimum atomic E-state index is -0.480. The normalized spacial score (nSPS) is 15.0. The molecular formula is C24H27N3O6. The summed E-state index contributed by atoms with van der Waals surface area (Å²) in [4.78, 5) is 15.2. The molecule has 33 heavy (non-hydrogen) atoms. The summed E-state index contributed by atoms with van der Waals surface area (Å²) in [5, 5.41) is 17.8. The molecule has 0 unspecified atom stereocenters. The van der Waals surface area contributed by atoms with Crippen LogP contribution in [0.15, 0.2) is 36.4 Å². The molecule has 174 valence electrons. The molecule has 2 N–H and O–H groups in total. The second-order valence-electron chi connectivity index (χ2n) is 7.58. The molecule has 0 saturated carbocycles. The van der Waals surface area contributed by atoms with Gasteiger partial charge in [0.25, 0.3) is 5.91 Å². The number of phenolic OH excluding ortho intramolecular Hbond substituents is 1. The van der Waals surface area contributed by atoms with Crippen molar-refractivity contribution in [2.45, 2.75) is 12.5 Å². The fourth-order valence-corrected chi connectivity index (χ4v) is 4.29. The number of H-pyrrole nitrogens is 1. The maximum Gasteiger partial charge on any atom is 0.273 e. The maximum atomic E-state index is 13.4. The molecular weight excluding hydrogens is 426 g/mol. The first-order valence-corrected chi connectivity index (χ1v) is 10.5. The van der Waals surface area contributed by atoms with Crippen LogP contribution in [0.2, 0.25) is 0 Å². The maximum absolute atomic E-state index is 13.4. The van der Waals surface area contributed by atoms with Crippen molar-refractivity contribution in [1.82, 2.24) is 15.1 Å². The van der Waals surface area contributed by atoms with Gasteiger partial charge in [0, 0.05) is 31.4 Å². The minimum absolute atomic E-state index is 0.0840. The largest absolute Gasteiger partial charge is 0.507 e. The minimum Gasteiger partial charge on any atom is -0.507 e. The fraction of sp³-hybridized carbons (Fsp3) is 0.333. The van der Waals surface area contributed by atoms with E-state index in [1.54, 1.807) is 51.5 Å². The van der Waals surface area contributed by atoms with Gasteiger partial charge in [-0.1, -0.05) is 12.1 Å². The van der Waals surface area contributed by atoms with Crippen molar-refractivity contribution in [2.24, 2.45) is 0 Å². The molecule has 1 amide bonds. The van der Waals surface area contributed by atoms with Crippen LogP contribution in [0.5, 0.6) is 23.0 Å². The number of amides is 1. The third-order valence-electron chi connectivity index (χ3n) is 5.77. The highest BCUT2D eigenvalue weighted by molar-refractivity contribution is 6.00. The Morgan fingerprint density at radius 2 is 1.76 bits per heavy atom.